The third kappa shape index (κ3) is 2.59. The summed E-state index contributed by atoms with van der Waals surface area (Å²) in [5.41, 5.74) is 2.34. The number of amides is 1. The summed E-state index contributed by atoms with van der Waals surface area (Å²) in [4.78, 5) is 14.7. The van der Waals surface area contributed by atoms with Crippen LogP contribution in [-0.4, -0.2) is 36.8 Å². The largest absolute Gasteiger partial charge is 0.330 e. The van der Waals surface area contributed by atoms with Gasteiger partial charge in [0, 0.05) is 36.8 Å². The maximum absolute atomic E-state index is 12.9. The molecule has 2 heterocycles. The Morgan fingerprint density at radius 1 is 1.36 bits per heavy atom. The lowest BCUT2D eigenvalue weighted by molar-refractivity contribution is 0.0686. The Kier molecular flexibility index (Phi) is 3.66. The molecule has 0 fully saturated rings. The molecule has 0 saturated heterocycles. The van der Waals surface area contributed by atoms with Gasteiger partial charge in [-0.25, -0.2) is 0 Å². The lowest BCUT2D eigenvalue weighted by Crippen LogP contribution is -2.36. The minimum absolute atomic E-state index is 0.0724. The highest BCUT2D eigenvalue weighted by atomic mass is 16.2. The van der Waals surface area contributed by atoms with Crippen molar-refractivity contribution in [2.24, 2.45) is 7.05 Å². The van der Waals surface area contributed by atoms with Gasteiger partial charge >= 0.3 is 0 Å². The first kappa shape index (κ1) is 14.3. The molecule has 0 aliphatic rings. The Morgan fingerprint density at radius 2 is 2.14 bits per heavy atom. The van der Waals surface area contributed by atoms with Crippen molar-refractivity contribution in [3.05, 3.63) is 47.9 Å². The molecular weight excluding hydrogens is 278 g/mol. The Hall–Kier alpha value is -2.63. The van der Waals surface area contributed by atoms with Gasteiger partial charge in [0.25, 0.3) is 5.91 Å². The summed E-state index contributed by atoms with van der Waals surface area (Å²) in [5, 5.41) is 12.1. The first-order valence-corrected chi connectivity index (χ1v) is 7.28. The molecule has 0 unspecified atom stereocenters. The Morgan fingerprint density at radius 3 is 2.82 bits per heavy atom. The fourth-order valence-electron chi connectivity index (χ4n) is 2.50. The number of H-pyrrole nitrogens is 1. The molecule has 1 amide bonds. The van der Waals surface area contributed by atoms with Crippen LogP contribution in [-0.2, 0) is 13.6 Å². The van der Waals surface area contributed by atoms with Crippen molar-refractivity contribution in [3.63, 3.8) is 0 Å². The van der Waals surface area contributed by atoms with Crippen molar-refractivity contribution < 1.29 is 4.79 Å². The molecule has 0 bridgehead atoms. The highest BCUT2D eigenvalue weighted by Crippen LogP contribution is 2.19. The number of nitrogens with zero attached hydrogens (tertiary/aromatic N) is 4. The van der Waals surface area contributed by atoms with E-state index >= 15 is 0 Å². The number of carbonyl (C=O) groups is 1. The van der Waals surface area contributed by atoms with Gasteiger partial charge in [0.15, 0.2) is 5.69 Å². The van der Waals surface area contributed by atoms with E-state index in [1.54, 1.807) is 15.8 Å². The zero-order chi connectivity index (χ0) is 15.7. The number of nitrogens with one attached hydrogen (secondary N) is 1. The van der Waals surface area contributed by atoms with Crippen LogP contribution in [0.1, 0.15) is 29.9 Å². The minimum atomic E-state index is -0.0729. The van der Waals surface area contributed by atoms with Crippen molar-refractivity contribution in [1.29, 1.82) is 0 Å². The summed E-state index contributed by atoms with van der Waals surface area (Å²) >= 11 is 0. The second-order valence-corrected chi connectivity index (χ2v) is 5.67. The smallest absolute Gasteiger partial charge is 0.275 e. The van der Waals surface area contributed by atoms with E-state index in [2.05, 4.69) is 15.3 Å². The summed E-state index contributed by atoms with van der Waals surface area (Å²) in [6.45, 7) is 4.53. The molecule has 0 aliphatic heterocycles. The molecule has 0 spiro atoms. The SMILES string of the molecule is CC(C)N(Cc1cnn(C)c1)C(=O)c1n[nH]c2ccccc12. The molecule has 2 aromatic heterocycles. The highest BCUT2D eigenvalue weighted by Gasteiger charge is 2.23. The Bertz CT molecular complexity index is 802. The summed E-state index contributed by atoms with van der Waals surface area (Å²) in [6, 6.07) is 7.73. The van der Waals surface area contributed by atoms with Gasteiger partial charge in [0.05, 0.1) is 11.7 Å². The molecule has 6 nitrogen and oxygen atoms in total. The van der Waals surface area contributed by atoms with Gasteiger partial charge in [-0.2, -0.15) is 10.2 Å². The van der Waals surface area contributed by atoms with E-state index in [4.69, 9.17) is 0 Å². The number of carbonyl (C=O) groups excluding carboxylic acids is 1. The number of aromatic nitrogens is 4. The number of fused-ring (bicyclic) bond motifs is 1. The average Bonchev–Trinajstić information content (AvgIpc) is 3.10. The summed E-state index contributed by atoms with van der Waals surface area (Å²) in [6.07, 6.45) is 3.70. The van der Waals surface area contributed by atoms with E-state index in [0.29, 0.717) is 12.2 Å². The van der Waals surface area contributed by atoms with Crippen molar-refractivity contribution >= 4 is 16.8 Å². The van der Waals surface area contributed by atoms with Crippen LogP contribution in [0.3, 0.4) is 0 Å². The first-order valence-electron chi connectivity index (χ1n) is 7.28. The molecule has 0 atom stereocenters. The number of hydrogen-bond acceptors (Lipinski definition) is 3. The van der Waals surface area contributed by atoms with Crippen molar-refractivity contribution in [1.82, 2.24) is 24.9 Å². The molecule has 0 radical (unpaired) electrons. The molecule has 0 saturated carbocycles. The minimum Gasteiger partial charge on any atom is -0.330 e. The Balaban J connectivity index is 1.92. The van der Waals surface area contributed by atoms with Gasteiger partial charge in [-0.15, -0.1) is 0 Å². The molecule has 0 aliphatic carbocycles. The van der Waals surface area contributed by atoms with Gasteiger partial charge in [0.2, 0.25) is 0 Å². The third-order valence-electron chi connectivity index (χ3n) is 3.67. The zero-order valence-electron chi connectivity index (χ0n) is 12.9. The summed E-state index contributed by atoms with van der Waals surface area (Å²) in [7, 11) is 1.87. The van der Waals surface area contributed by atoms with E-state index in [0.717, 1.165) is 16.5 Å². The number of para-hydroxylation sites is 1. The van der Waals surface area contributed by atoms with E-state index in [9.17, 15) is 4.79 Å². The number of hydrogen-bond donors (Lipinski definition) is 1. The number of rotatable bonds is 4. The quantitative estimate of drug-likeness (QED) is 0.804. The number of aromatic amines is 1. The first-order chi connectivity index (χ1) is 10.6. The van der Waals surface area contributed by atoms with Crippen LogP contribution in [0.4, 0.5) is 0 Å². The van der Waals surface area contributed by atoms with E-state index in [-0.39, 0.29) is 11.9 Å². The molecule has 3 rings (SSSR count). The van der Waals surface area contributed by atoms with Crippen LogP contribution in [0, 0.1) is 0 Å². The molecule has 1 N–H and O–H groups in total. The predicted molar refractivity (Wildman–Crippen MR) is 84.3 cm³/mol. The average molecular weight is 297 g/mol. The van der Waals surface area contributed by atoms with Gasteiger partial charge in [0.1, 0.15) is 0 Å². The van der Waals surface area contributed by atoms with Crippen LogP contribution < -0.4 is 0 Å². The van der Waals surface area contributed by atoms with E-state index in [1.165, 1.54) is 0 Å². The number of benzene rings is 1. The molecule has 22 heavy (non-hydrogen) atoms. The fraction of sp³-hybridized carbons (Fsp3) is 0.312. The molecule has 3 aromatic rings. The topological polar surface area (TPSA) is 66.8 Å². The monoisotopic (exact) mass is 297 g/mol. The van der Waals surface area contributed by atoms with Gasteiger partial charge < -0.3 is 4.90 Å². The molecular formula is C16H19N5O. The lowest BCUT2D eigenvalue weighted by atomic mass is 10.1. The Labute approximate surface area is 128 Å². The van der Waals surface area contributed by atoms with Crippen LogP contribution in [0.2, 0.25) is 0 Å². The maximum Gasteiger partial charge on any atom is 0.275 e. The lowest BCUT2D eigenvalue weighted by Gasteiger charge is -2.25. The van der Waals surface area contributed by atoms with Gasteiger partial charge in [-0.1, -0.05) is 18.2 Å². The van der Waals surface area contributed by atoms with Crippen molar-refractivity contribution in [2.45, 2.75) is 26.4 Å². The second-order valence-electron chi connectivity index (χ2n) is 5.67. The van der Waals surface area contributed by atoms with Gasteiger partial charge in [-0.05, 0) is 19.9 Å². The van der Waals surface area contributed by atoms with Gasteiger partial charge in [-0.3, -0.25) is 14.6 Å². The van der Waals surface area contributed by atoms with E-state index < -0.39 is 0 Å². The molecule has 114 valence electrons. The predicted octanol–water partition coefficient (Wildman–Crippen LogP) is 2.35. The van der Waals surface area contributed by atoms with Crippen LogP contribution >= 0.6 is 0 Å². The highest BCUT2D eigenvalue weighted by molar-refractivity contribution is 6.04. The van der Waals surface area contributed by atoms with Crippen LogP contribution in [0.15, 0.2) is 36.7 Å². The van der Waals surface area contributed by atoms with Crippen molar-refractivity contribution in [3.8, 4) is 0 Å². The second kappa shape index (κ2) is 5.63. The fourth-order valence-corrected chi connectivity index (χ4v) is 2.50. The standard InChI is InChI=1S/C16H19N5O/c1-11(2)21(10-12-8-17-20(3)9-12)16(22)15-13-6-4-5-7-14(13)18-19-15/h4-9,11H,10H2,1-3H3,(H,18,19). The molecule has 6 heteroatoms. The number of aryl methyl sites for hydroxylation is 1. The van der Waals surface area contributed by atoms with Crippen LogP contribution in [0.5, 0.6) is 0 Å². The summed E-state index contributed by atoms with van der Waals surface area (Å²) < 4.78 is 1.74. The summed E-state index contributed by atoms with van der Waals surface area (Å²) in [5.74, 6) is -0.0729. The van der Waals surface area contributed by atoms with E-state index in [1.807, 2.05) is 51.4 Å². The molecule has 1 aromatic carbocycles. The van der Waals surface area contributed by atoms with Crippen LogP contribution in [0.25, 0.3) is 10.9 Å². The zero-order valence-corrected chi connectivity index (χ0v) is 12.9. The third-order valence-corrected chi connectivity index (χ3v) is 3.67. The van der Waals surface area contributed by atoms with Crippen molar-refractivity contribution in [2.75, 3.05) is 0 Å². The normalized spacial score (nSPS) is 11.3. The maximum atomic E-state index is 12.9.